The number of carbonyl (C=O) groups is 1. The molecule has 0 aliphatic rings. The van der Waals surface area contributed by atoms with Crippen LogP contribution in [0.1, 0.15) is 30.7 Å². The largest absolute Gasteiger partial charge is 0.496 e. The number of amides is 1. The van der Waals surface area contributed by atoms with E-state index in [0.29, 0.717) is 0 Å². The zero-order chi connectivity index (χ0) is 16.2. The summed E-state index contributed by atoms with van der Waals surface area (Å²) in [7, 11) is 1.62. The van der Waals surface area contributed by atoms with Gasteiger partial charge in [-0.3, -0.25) is 9.78 Å². The van der Waals surface area contributed by atoms with Gasteiger partial charge in [0.05, 0.1) is 24.8 Å². The van der Waals surface area contributed by atoms with Gasteiger partial charge in [0.2, 0.25) is 5.91 Å². The van der Waals surface area contributed by atoms with E-state index in [1.54, 1.807) is 13.3 Å². The molecule has 1 heterocycles. The highest BCUT2D eigenvalue weighted by molar-refractivity contribution is 5.80. The molecule has 22 heavy (non-hydrogen) atoms. The SMILES string of the molecule is COc1cc(C)ccc1CC(=O)NC(C)(C)c1ccccn1. The van der Waals surface area contributed by atoms with E-state index in [4.69, 9.17) is 4.74 Å². The lowest BCUT2D eigenvalue weighted by Crippen LogP contribution is -2.42. The van der Waals surface area contributed by atoms with Gasteiger partial charge in [0.1, 0.15) is 5.75 Å². The van der Waals surface area contributed by atoms with E-state index in [1.807, 2.05) is 57.2 Å². The van der Waals surface area contributed by atoms with Gasteiger partial charge in [0, 0.05) is 11.8 Å². The maximum atomic E-state index is 12.4. The standard InChI is InChI=1S/C18H22N2O2/c1-13-8-9-14(15(11-13)22-4)12-17(21)20-18(2,3)16-7-5-6-10-19-16/h5-11H,12H2,1-4H3,(H,20,21). The van der Waals surface area contributed by atoms with Gasteiger partial charge in [0.15, 0.2) is 0 Å². The minimum absolute atomic E-state index is 0.0576. The molecule has 116 valence electrons. The van der Waals surface area contributed by atoms with Crippen molar-refractivity contribution in [1.82, 2.24) is 10.3 Å². The van der Waals surface area contributed by atoms with Crippen LogP contribution < -0.4 is 10.1 Å². The van der Waals surface area contributed by atoms with Crippen LogP contribution in [0.2, 0.25) is 0 Å². The summed E-state index contributed by atoms with van der Waals surface area (Å²) >= 11 is 0. The number of rotatable bonds is 5. The number of benzene rings is 1. The molecule has 0 unspecified atom stereocenters. The Labute approximate surface area is 131 Å². The summed E-state index contributed by atoms with van der Waals surface area (Å²) in [4.78, 5) is 16.7. The van der Waals surface area contributed by atoms with Crippen molar-refractivity contribution in [1.29, 1.82) is 0 Å². The third kappa shape index (κ3) is 3.85. The Morgan fingerprint density at radius 1 is 1.27 bits per heavy atom. The van der Waals surface area contributed by atoms with Crippen LogP contribution in [0.5, 0.6) is 5.75 Å². The second-order valence-electron chi connectivity index (χ2n) is 5.88. The van der Waals surface area contributed by atoms with Gasteiger partial charge < -0.3 is 10.1 Å². The average Bonchev–Trinajstić information content (AvgIpc) is 2.49. The van der Waals surface area contributed by atoms with Crippen LogP contribution in [-0.4, -0.2) is 18.0 Å². The number of hydrogen-bond acceptors (Lipinski definition) is 3. The molecule has 0 aliphatic heterocycles. The number of carbonyl (C=O) groups excluding carboxylic acids is 1. The van der Waals surface area contributed by atoms with Crippen molar-refractivity contribution in [3.8, 4) is 5.75 Å². The molecule has 2 aromatic rings. The fourth-order valence-corrected chi connectivity index (χ4v) is 2.36. The first-order chi connectivity index (χ1) is 10.4. The molecule has 2 rings (SSSR count). The predicted octanol–water partition coefficient (Wildman–Crippen LogP) is 2.99. The quantitative estimate of drug-likeness (QED) is 0.923. The molecule has 4 heteroatoms. The fraction of sp³-hybridized carbons (Fsp3) is 0.333. The van der Waals surface area contributed by atoms with Crippen molar-refractivity contribution in [3.05, 3.63) is 59.4 Å². The highest BCUT2D eigenvalue weighted by atomic mass is 16.5. The summed E-state index contributed by atoms with van der Waals surface area (Å²) in [6.07, 6.45) is 2.01. The predicted molar refractivity (Wildman–Crippen MR) is 86.8 cm³/mol. The number of aryl methyl sites for hydroxylation is 1. The van der Waals surface area contributed by atoms with Crippen LogP contribution in [0.25, 0.3) is 0 Å². The van der Waals surface area contributed by atoms with Crippen LogP contribution in [-0.2, 0) is 16.8 Å². The third-order valence-corrected chi connectivity index (χ3v) is 3.55. The van der Waals surface area contributed by atoms with Gasteiger partial charge in [-0.25, -0.2) is 0 Å². The van der Waals surface area contributed by atoms with Crippen molar-refractivity contribution >= 4 is 5.91 Å². The zero-order valence-corrected chi connectivity index (χ0v) is 13.5. The van der Waals surface area contributed by atoms with Gasteiger partial charge in [-0.1, -0.05) is 18.2 Å². The molecule has 1 N–H and O–H groups in total. The molecule has 0 saturated heterocycles. The summed E-state index contributed by atoms with van der Waals surface area (Å²) < 4.78 is 5.35. The second-order valence-corrected chi connectivity index (χ2v) is 5.88. The minimum Gasteiger partial charge on any atom is -0.496 e. The molecule has 1 aromatic carbocycles. The lowest BCUT2D eigenvalue weighted by molar-refractivity contribution is -0.122. The first kappa shape index (κ1) is 16.0. The number of hydrogen-bond donors (Lipinski definition) is 1. The van der Waals surface area contributed by atoms with Gasteiger partial charge >= 0.3 is 0 Å². The van der Waals surface area contributed by atoms with E-state index in [1.165, 1.54) is 0 Å². The molecular formula is C18H22N2O2. The summed E-state index contributed by atoms with van der Waals surface area (Å²) in [5.41, 5.74) is 2.30. The molecule has 0 fully saturated rings. The number of nitrogens with zero attached hydrogens (tertiary/aromatic N) is 1. The fourth-order valence-electron chi connectivity index (χ4n) is 2.36. The Balaban J connectivity index is 2.10. The Hall–Kier alpha value is -2.36. The van der Waals surface area contributed by atoms with Gasteiger partial charge in [-0.05, 0) is 44.5 Å². The number of pyridine rings is 1. The van der Waals surface area contributed by atoms with Crippen molar-refractivity contribution in [3.63, 3.8) is 0 Å². The molecule has 0 bridgehead atoms. The van der Waals surface area contributed by atoms with Crippen LogP contribution in [0.15, 0.2) is 42.6 Å². The highest BCUT2D eigenvalue weighted by Crippen LogP contribution is 2.22. The molecule has 0 atom stereocenters. The van der Waals surface area contributed by atoms with E-state index in [2.05, 4.69) is 10.3 Å². The lowest BCUT2D eigenvalue weighted by Gasteiger charge is -2.26. The first-order valence-electron chi connectivity index (χ1n) is 7.28. The normalized spacial score (nSPS) is 11.1. The van der Waals surface area contributed by atoms with E-state index in [-0.39, 0.29) is 12.3 Å². The van der Waals surface area contributed by atoms with Crippen molar-refractivity contribution in [2.24, 2.45) is 0 Å². The van der Waals surface area contributed by atoms with Crippen LogP contribution in [0.4, 0.5) is 0 Å². The summed E-state index contributed by atoms with van der Waals surface area (Å²) in [6.45, 7) is 5.88. The molecular weight excluding hydrogens is 276 g/mol. The molecule has 1 amide bonds. The van der Waals surface area contributed by atoms with E-state index < -0.39 is 5.54 Å². The van der Waals surface area contributed by atoms with E-state index >= 15 is 0 Å². The molecule has 0 spiro atoms. The zero-order valence-electron chi connectivity index (χ0n) is 13.5. The summed E-state index contributed by atoms with van der Waals surface area (Å²) in [5.74, 6) is 0.684. The van der Waals surface area contributed by atoms with Crippen molar-refractivity contribution in [2.45, 2.75) is 32.7 Å². The molecule has 1 aromatic heterocycles. The van der Waals surface area contributed by atoms with E-state index in [9.17, 15) is 4.79 Å². The smallest absolute Gasteiger partial charge is 0.225 e. The average molecular weight is 298 g/mol. The number of ether oxygens (including phenoxy) is 1. The topological polar surface area (TPSA) is 51.2 Å². The maximum absolute atomic E-state index is 12.4. The van der Waals surface area contributed by atoms with Crippen molar-refractivity contribution in [2.75, 3.05) is 7.11 Å². The summed E-state index contributed by atoms with van der Waals surface area (Å²) in [5, 5.41) is 3.03. The lowest BCUT2D eigenvalue weighted by atomic mass is 9.99. The molecule has 0 saturated carbocycles. The van der Waals surface area contributed by atoms with Gasteiger partial charge in [0.25, 0.3) is 0 Å². The Morgan fingerprint density at radius 3 is 2.68 bits per heavy atom. The van der Waals surface area contributed by atoms with E-state index in [0.717, 1.165) is 22.6 Å². The summed E-state index contributed by atoms with van der Waals surface area (Å²) in [6, 6.07) is 11.5. The Kier molecular flexibility index (Phi) is 4.81. The van der Waals surface area contributed by atoms with Gasteiger partial charge in [-0.15, -0.1) is 0 Å². The maximum Gasteiger partial charge on any atom is 0.225 e. The Bertz CT molecular complexity index is 651. The van der Waals surface area contributed by atoms with Crippen LogP contribution >= 0.6 is 0 Å². The highest BCUT2D eigenvalue weighted by Gasteiger charge is 2.24. The molecule has 4 nitrogen and oxygen atoms in total. The molecule has 0 radical (unpaired) electrons. The number of aromatic nitrogens is 1. The monoisotopic (exact) mass is 298 g/mol. The Morgan fingerprint density at radius 2 is 2.05 bits per heavy atom. The third-order valence-electron chi connectivity index (χ3n) is 3.55. The second kappa shape index (κ2) is 6.60. The van der Waals surface area contributed by atoms with Crippen molar-refractivity contribution < 1.29 is 9.53 Å². The number of nitrogens with one attached hydrogen (secondary N) is 1. The molecule has 0 aliphatic carbocycles. The van der Waals surface area contributed by atoms with Crippen LogP contribution in [0, 0.1) is 6.92 Å². The van der Waals surface area contributed by atoms with Gasteiger partial charge in [-0.2, -0.15) is 0 Å². The minimum atomic E-state index is -0.518. The number of methoxy groups -OCH3 is 1. The first-order valence-corrected chi connectivity index (χ1v) is 7.28. The van der Waals surface area contributed by atoms with Crippen LogP contribution in [0.3, 0.4) is 0 Å².